The van der Waals surface area contributed by atoms with Gasteiger partial charge in [-0.1, -0.05) is 45.4 Å². The van der Waals surface area contributed by atoms with Crippen LogP contribution < -0.4 is 10.1 Å². The largest absolute Gasteiger partial charge is 0.489 e. The topological polar surface area (TPSA) is 41.5 Å². The highest BCUT2D eigenvalue weighted by atomic mass is 35.5. The molecule has 0 aliphatic heterocycles. The average molecular weight is 314 g/mol. The normalized spacial score (nSPS) is 14.5. The van der Waals surface area contributed by atoms with Crippen molar-refractivity contribution in [1.29, 1.82) is 0 Å². The molecule has 0 saturated carbocycles. The standard InChI is InChI=1S/C17H28ClNO2/c1-12(2)9-19-10-14-6-7-16(15(18)8-14)21-11-17(5,20)13(3)4/h6-8,12-13,19-20H,9-11H2,1-5H3. The second-order valence-corrected chi connectivity index (χ2v) is 7.00. The number of rotatable bonds is 8. The molecular formula is C17H28ClNO2. The monoisotopic (exact) mass is 313 g/mol. The van der Waals surface area contributed by atoms with Gasteiger partial charge in [-0.2, -0.15) is 0 Å². The molecule has 0 spiro atoms. The molecule has 0 heterocycles. The first-order chi connectivity index (χ1) is 9.72. The lowest BCUT2D eigenvalue weighted by molar-refractivity contribution is -0.0266. The van der Waals surface area contributed by atoms with Crippen LogP contribution in [-0.4, -0.2) is 23.9 Å². The number of ether oxygens (including phenoxy) is 1. The van der Waals surface area contributed by atoms with Crippen LogP contribution >= 0.6 is 11.6 Å². The Morgan fingerprint density at radius 2 is 1.95 bits per heavy atom. The molecule has 0 fully saturated rings. The minimum absolute atomic E-state index is 0.121. The molecule has 0 bridgehead atoms. The smallest absolute Gasteiger partial charge is 0.138 e. The lowest BCUT2D eigenvalue weighted by atomic mass is 9.94. The second-order valence-electron chi connectivity index (χ2n) is 6.59. The van der Waals surface area contributed by atoms with Gasteiger partial charge in [-0.25, -0.2) is 0 Å². The van der Waals surface area contributed by atoms with Gasteiger partial charge in [0.25, 0.3) is 0 Å². The van der Waals surface area contributed by atoms with Gasteiger partial charge in [-0.3, -0.25) is 0 Å². The summed E-state index contributed by atoms with van der Waals surface area (Å²) >= 11 is 6.24. The van der Waals surface area contributed by atoms with E-state index >= 15 is 0 Å². The van der Waals surface area contributed by atoms with E-state index in [1.165, 1.54) is 0 Å². The molecule has 0 saturated heterocycles. The summed E-state index contributed by atoms with van der Waals surface area (Å²) in [5.41, 5.74) is 0.268. The molecule has 0 aliphatic carbocycles. The molecule has 0 aliphatic rings. The summed E-state index contributed by atoms with van der Waals surface area (Å²) in [7, 11) is 0. The van der Waals surface area contributed by atoms with Crippen LogP contribution in [0, 0.1) is 11.8 Å². The summed E-state index contributed by atoms with van der Waals surface area (Å²) in [6.45, 7) is 12.1. The van der Waals surface area contributed by atoms with Gasteiger partial charge < -0.3 is 15.2 Å². The summed E-state index contributed by atoms with van der Waals surface area (Å²) in [6.07, 6.45) is 0. The van der Waals surface area contributed by atoms with Crippen molar-refractivity contribution in [2.75, 3.05) is 13.2 Å². The Balaban J connectivity index is 2.58. The first-order valence-electron chi connectivity index (χ1n) is 7.56. The van der Waals surface area contributed by atoms with Crippen LogP contribution in [0.3, 0.4) is 0 Å². The van der Waals surface area contributed by atoms with Gasteiger partial charge in [0.15, 0.2) is 0 Å². The van der Waals surface area contributed by atoms with E-state index in [1.807, 2.05) is 32.0 Å². The van der Waals surface area contributed by atoms with Crippen LogP contribution in [0.25, 0.3) is 0 Å². The van der Waals surface area contributed by atoms with Gasteiger partial charge >= 0.3 is 0 Å². The van der Waals surface area contributed by atoms with Crippen LogP contribution in [0.2, 0.25) is 5.02 Å². The van der Waals surface area contributed by atoms with Crippen molar-refractivity contribution in [2.24, 2.45) is 11.8 Å². The molecule has 1 rings (SSSR count). The third-order valence-corrected chi connectivity index (χ3v) is 3.94. The number of halogens is 1. The van der Waals surface area contributed by atoms with Crippen molar-refractivity contribution >= 4 is 11.6 Å². The van der Waals surface area contributed by atoms with E-state index in [2.05, 4.69) is 19.2 Å². The maximum Gasteiger partial charge on any atom is 0.138 e. The first-order valence-corrected chi connectivity index (χ1v) is 7.94. The van der Waals surface area contributed by atoms with Crippen LogP contribution in [0.4, 0.5) is 0 Å². The molecular weight excluding hydrogens is 286 g/mol. The maximum absolute atomic E-state index is 10.2. The molecule has 0 radical (unpaired) electrons. The summed E-state index contributed by atoms with van der Waals surface area (Å²) in [5.74, 6) is 1.36. The predicted molar refractivity (Wildman–Crippen MR) is 89.0 cm³/mol. The van der Waals surface area contributed by atoms with Crippen LogP contribution in [0.15, 0.2) is 18.2 Å². The van der Waals surface area contributed by atoms with E-state index in [-0.39, 0.29) is 12.5 Å². The number of hydrogen-bond donors (Lipinski definition) is 2. The summed E-state index contributed by atoms with van der Waals surface area (Å²) in [5, 5.41) is 14.1. The van der Waals surface area contributed by atoms with Gasteiger partial charge in [-0.05, 0) is 43.0 Å². The highest BCUT2D eigenvalue weighted by Crippen LogP contribution is 2.27. The molecule has 21 heavy (non-hydrogen) atoms. The molecule has 120 valence electrons. The van der Waals surface area contributed by atoms with E-state index in [0.717, 1.165) is 18.7 Å². The zero-order valence-corrected chi connectivity index (χ0v) is 14.5. The van der Waals surface area contributed by atoms with E-state index in [4.69, 9.17) is 16.3 Å². The molecule has 1 aromatic rings. The lowest BCUT2D eigenvalue weighted by Gasteiger charge is -2.27. The Bertz CT molecular complexity index is 444. The van der Waals surface area contributed by atoms with Gasteiger partial charge in [0, 0.05) is 6.54 Å². The van der Waals surface area contributed by atoms with Gasteiger partial charge in [0.2, 0.25) is 0 Å². The highest BCUT2D eigenvalue weighted by molar-refractivity contribution is 6.32. The molecule has 4 heteroatoms. The Kier molecular flexibility index (Phi) is 6.98. The third-order valence-electron chi connectivity index (χ3n) is 3.64. The van der Waals surface area contributed by atoms with Gasteiger partial charge in [-0.15, -0.1) is 0 Å². The van der Waals surface area contributed by atoms with E-state index < -0.39 is 5.60 Å². The van der Waals surface area contributed by atoms with Crippen LogP contribution in [0.1, 0.15) is 40.2 Å². The SMILES string of the molecule is CC(C)CNCc1ccc(OCC(C)(O)C(C)C)c(Cl)c1. The third kappa shape index (κ3) is 6.25. The molecule has 1 aromatic carbocycles. The number of hydrogen-bond acceptors (Lipinski definition) is 3. The minimum Gasteiger partial charge on any atom is -0.489 e. The molecule has 1 unspecified atom stereocenters. The van der Waals surface area contributed by atoms with Crippen molar-refractivity contribution < 1.29 is 9.84 Å². The van der Waals surface area contributed by atoms with E-state index in [9.17, 15) is 5.11 Å². The Hall–Kier alpha value is -0.770. The summed E-state index contributed by atoms with van der Waals surface area (Å²) < 4.78 is 5.66. The van der Waals surface area contributed by atoms with Gasteiger partial charge in [0.1, 0.15) is 12.4 Å². The Morgan fingerprint density at radius 1 is 1.29 bits per heavy atom. The fourth-order valence-electron chi connectivity index (χ4n) is 1.67. The number of nitrogens with one attached hydrogen (secondary N) is 1. The Labute approximate surface area is 133 Å². The van der Waals surface area contributed by atoms with Gasteiger partial charge in [0.05, 0.1) is 10.6 Å². The predicted octanol–water partition coefficient (Wildman–Crippen LogP) is 3.87. The quantitative estimate of drug-likeness (QED) is 0.765. The number of aliphatic hydroxyl groups is 1. The Morgan fingerprint density at radius 3 is 2.48 bits per heavy atom. The zero-order chi connectivity index (χ0) is 16.0. The first kappa shape index (κ1) is 18.3. The van der Waals surface area contributed by atoms with E-state index in [1.54, 1.807) is 6.92 Å². The van der Waals surface area contributed by atoms with Crippen molar-refractivity contribution in [2.45, 2.75) is 46.8 Å². The van der Waals surface area contributed by atoms with Crippen LogP contribution in [0.5, 0.6) is 5.75 Å². The van der Waals surface area contributed by atoms with Crippen LogP contribution in [-0.2, 0) is 6.54 Å². The maximum atomic E-state index is 10.2. The van der Waals surface area contributed by atoms with E-state index in [0.29, 0.717) is 16.7 Å². The highest BCUT2D eigenvalue weighted by Gasteiger charge is 2.26. The van der Waals surface area contributed by atoms with Crippen molar-refractivity contribution in [3.63, 3.8) is 0 Å². The fraction of sp³-hybridized carbons (Fsp3) is 0.647. The molecule has 2 N–H and O–H groups in total. The fourth-order valence-corrected chi connectivity index (χ4v) is 1.92. The summed E-state index contributed by atoms with van der Waals surface area (Å²) in [4.78, 5) is 0. The number of benzene rings is 1. The zero-order valence-electron chi connectivity index (χ0n) is 13.7. The average Bonchev–Trinajstić information content (AvgIpc) is 2.37. The second kappa shape index (κ2) is 8.02. The van der Waals surface area contributed by atoms with Crippen molar-refractivity contribution in [1.82, 2.24) is 5.32 Å². The lowest BCUT2D eigenvalue weighted by Crippen LogP contribution is -2.37. The van der Waals surface area contributed by atoms with Crippen molar-refractivity contribution in [3.8, 4) is 5.75 Å². The molecule has 1 atom stereocenters. The summed E-state index contributed by atoms with van der Waals surface area (Å²) in [6, 6.07) is 5.78. The molecule has 0 amide bonds. The minimum atomic E-state index is -0.860. The molecule has 3 nitrogen and oxygen atoms in total. The van der Waals surface area contributed by atoms with Crippen molar-refractivity contribution in [3.05, 3.63) is 28.8 Å². The molecule has 0 aromatic heterocycles.